The molecule has 0 unspecified atom stereocenters. The summed E-state index contributed by atoms with van der Waals surface area (Å²) in [4.78, 5) is 26.9. The largest absolute Gasteiger partial charge is 0.319 e. The molecule has 26 heavy (non-hydrogen) atoms. The molecule has 8 heteroatoms. The molecule has 2 aromatic heterocycles. The third-order valence-corrected chi connectivity index (χ3v) is 4.05. The molecule has 3 N–H and O–H groups in total. The topological polar surface area (TPSA) is 90.6 Å². The van der Waals surface area contributed by atoms with Crippen molar-refractivity contribution in [3.05, 3.63) is 69.5 Å². The first-order chi connectivity index (χ1) is 12.4. The summed E-state index contributed by atoms with van der Waals surface area (Å²) in [5.74, 6) is -1.49. The van der Waals surface area contributed by atoms with Crippen LogP contribution in [0, 0.1) is 18.6 Å². The van der Waals surface area contributed by atoms with Crippen LogP contribution in [0.3, 0.4) is 0 Å². The number of benzene rings is 2. The van der Waals surface area contributed by atoms with Crippen molar-refractivity contribution in [1.29, 1.82) is 0 Å². The molecule has 0 atom stereocenters. The molecule has 2 aromatic carbocycles. The molecule has 2 heterocycles. The standard InChI is InChI=1S/C18H12F2N4O2/c1-8-4-11-12(7-15(25)21-16(11)13(20)5-8)18(26)22-17-10-3-2-9(19)6-14(10)23-24-17/h2-7H,1H3,(H,21,25)(H2,22,23,24,26). The van der Waals surface area contributed by atoms with E-state index in [4.69, 9.17) is 0 Å². The smallest absolute Gasteiger partial charge is 0.257 e. The van der Waals surface area contributed by atoms with E-state index in [2.05, 4.69) is 20.5 Å². The van der Waals surface area contributed by atoms with Gasteiger partial charge in [-0.1, -0.05) is 0 Å². The second-order valence-electron chi connectivity index (χ2n) is 5.93. The molecule has 6 nitrogen and oxygen atoms in total. The number of aromatic amines is 2. The van der Waals surface area contributed by atoms with Crippen molar-refractivity contribution in [2.24, 2.45) is 0 Å². The number of hydrogen-bond acceptors (Lipinski definition) is 3. The molecule has 0 aliphatic rings. The molecule has 0 spiro atoms. The Morgan fingerprint density at radius 2 is 1.92 bits per heavy atom. The number of carbonyl (C=O) groups excluding carboxylic acids is 1. The van der Waals surface area contributed by atoms with Gasteiger partial charge in [0.1, 0.15) is 11.6 Å². The zero-order chi connectivity index (χ0) is 18.4. The van der Waals surface area contributed by atoms with Gasteiger partial charge >= 0.3 is 0 Å². The molecular formula is C18H12F2N4O2. The lowest BCUT2D eigenvalue weighted by Gasteiger charge is -2.08. The van der Waals surface area contributed by atoms with Crippen molar-refractivity contribution in [1.82, 2.24) is 15.2 Å². The van der Waals surface area contributed by atoms with E-state index < -0.39 is 23.1 Å². The van der Waals surface area contributed by atoms with Gasteiger partial charge in [-0.3, -0.25) is 14.7 Å². The van der Waals surface area contributed by atoms with E-state index in [1.807, 2.05) is 0 Å². The molecule has 0 aliphatic carbocycles. The third kappa shape index (κ3) is 2.61. The van der Waals surface area contributed by atoms with E-state index in [0.717, 1.165) is 6.07 Å². The Balaban J connectivity index is 1.82. The van der Waals surface area contributed by atoms with Gasteiger partial charge in [-0.05, 0) is 42.8 Å². The average Bonchev–Trinajstić information content (AvgIpc) is 2.97. The van der Waals surface area contributed by atoms with Crippen molar-refractivity contribution in [3.63, 3.8) is 0 Å². The highest BCUT2D eigenvalue weighted by atomic mass is 19.1. The Morgan fingerprint density at radius 3 is 2.73 bits per heavy atom. The summed E-state index contributed by atoms with van der Waals surface area (Å²) in [6, 6.07) is 7.96. The summed E-state index contributed by atoms with van der Waals surface area (Å²) in [6.45, 7) is 1.69. The molecule has 0 saturated heterocycles. The zero-order valence-electron chi connectivity index (χ0n) is 13.5. The van der Waals surface area contributed by atoms with Crippen LogP contribution in [0.5, 0.6) is 0 Å². The molecule has 0 saturated carbocycles. The Hall–Kier alpha value is -3.55. The summed E-state index contributed by atoms with van der Waals surface area (Å²) in [5, 5.41) is 9.95. The van der Waals surface area contributed by atoms with Crippen LogP contribution in [0.25, 0.3) is 21.8 Å². The van der Waals surface area contributed by atoms with Gasteiger partial charge in [-0.25, -0.2) is 8.78 Å². The number of aromatic nitrogens is 3. The highest BCUT2D eigenvalue weighted by Crippen LogP contribution is 2.24. The number of H-pyrrole nitrogens is 2. The molecule has 0 fully saturated rings. The highest BCUT2D eigenvalue weighted by Gasteiger charge is 2.17. The summed E-state index contributed by atoms with van der Waals surface area (Å²) in [6.07, 6.45) is 0. The number of pyridine rings is 1. The van der Waals surface area contributed by atoms with E-state index in [-0.39, 0.29) is 22.3 Å². The Morgan fingerprint density at radius 1 is 1.12 bits per heavy atom. The fraction of sp³-hybridized carbons (Fsp3) is 0.0556. The normalized spacial score (nSPS) is 11.2. The van der Waals surface area contributed by atoms with Gasteiger partial charge in [-0.15, -0.1) is 0 Å². The second-order valence-corrected chi connectivity index (χ2v) is 5.93. The van der Waals surface area contributed by atoms with Crippen LogP contribution < -0.4 is 10.9 Å². The first-order valence-corrected chi connectivity index (χ1v) is 7.70. The minimum atomic E-state index is -0.621. The molecule has 0 aliphatic heterocycles. The molecule has 4 rings (SSSR count). The number of nitrogens with zero attached hydrogens (tertiary/aromatic N) is 1. The van der Waals surface area contributed by atoms with Crippen LogP contribution in [-0.2, 0) is 0 Å². The fourth-order valence-electron chi connectivity index (χ4n) is 2.90. The van der Waals surface area contributed by atoms with Crippen LogP contribution in [-0.4, -0.2) is 21.1 Å². The molecular weight excluding hydrogens is 342 g/mol. The summed E-state index contributed by atoms with van der Waals surface area (Å²) < 4.78 is 27.4. The van der Waals surface area contributed by atoms with Gasteiger partial charge in [0.25, 0.3) is 5.91 Å². The van der Waals surface area contributed by atoms with Crippen LogP contribution in [0.15, 0.2) is 41.2 Å². The minimum absolute atomic E-state index is 0.0182. The highest BCUT2D eigenvalue weighted by molar-refractivity contribution is 6.14. The molecule has 1 amide bonds. The number of amides is 1. The summed E-state index contributed by atoms with van der Waals surface area (Å²) >= 11 is 0. The van der Waals surface area contributed by atoms with Crippen LogP contribution in [0.4, 0.5) is 14.6 Å². The van der Waals surface area contributed by atoms with E-state index in [1.54, 1.807) is 13.0 Å². The fourth-order valence-corrected chi connectivity index (χ4v) is 2.90. The van der Waals surface area contributed by atoms with E-state index >= 15 is 0 Å². The van der Waals surface area contributed by atoms with Crippen molar-refractivity contribution in [3.8, 4) is 0 Å². The van der Waals surface area contributed by atoms with E-state index in [1.165, 1.54) is 24.3 Å². The first kappa shape index (κ1) is 15.9. The molecule has 0 bridgehead atoms. The lowest BCUT2D eigenvalue weighted by Crippen LogP contribution is -2.17. The first-order valence-electron chi connectivity index (χ1n) is 7.70. The maximum absolute atomic E-state index is 14.1. The van der Waals surface area contributed by atoms with Gasteiger partial charge in [-0.2, -0.15) is 5.10 Å². The van der Waals surface area contributed by atoms with E-state index in [9.17, 15) is 18.4 Å². The SMILES string of the molecule is Cc1cc(F)c2[nH]c(=O)cc(C(=O)Nc3n[nH]c4cc(F)ccc34)c2c1. The van der Waals surface area contributed by atoms with Crippen LogP contribution in [0.2, 0.25) is 0 Å². The number of carbonyl (C=O) groups is 1. The maximum atomic E-state index is 14.1. The number of nitrogens with one attached hydrogen (secondary N) is 3. The number of rotatable bonds is 2. The van der Waals surface area contributed by atoms with Crippen molar-refractivity contribution < 1.29 is 13.6 Å². The van der Waals surface area contributed by atoms with Crippen LogP contribution >= 0.6 is 0 Å². The van der Waals surface area contributed by atoms with Gasteiger partial charge in [0.15, 0.2) is 5.82 Å². The zero-order valence-corrected chi connectivity index (χ0v) is 13.5. The predicted molar refractivity (Wildman–Crippen MR) is 93.3 cm³/mol. The monoisotopic (exact) mass is 354 g/mol. The summed E-state index contributed by atoms with van der Waals surface area (Å²) in [5.41, 5.74) is 0.404. The Bertz CT molecular complexity index is 1240. The second kappa shape index (κ2) is 5.76. The van der Waals surface area contributed by atoms with Gasteiger partial charge in [0.2, 0.25) is 5.56 Å². The van der Waals surface area contributed by atoms with Gasteiger partial charge < -0.3 is 10.3 Å². The number of fused-ring (bicyclic) bond motifs is 2. The lowest BCUT2D eigenvalue weighted by molar-refractivity contribution is 0.102. The number of anilines is 1. The Kier molecular flexibility index (Phi) is 3.54. The molecule has 130 valence electrons. The Labute approximate surface area is 144 Å². The number of hydrogen-bond donors (Lipinski definition) is 3. The average molecular weight is 354 g/mol. The van der Waals surface area contributed by atoms with Crippen molar-refractivity contribution in [2.45, 2.75) is 6.92 Å². The quantitative estimate of drug-likeness (QED) is 0.516. The molecule has 4 aromatic rings. The van der Waals surface area contributed by atoms with Crippen LogP contribution in [0.1, 0.15) is 15.9 Å². The van der Waals surface area contributed by atoms with Crippen molar-refractivity contribution >= 4 is 33.5 Å². The predicted octanol–water partition coefficient (Wildman–Crippen LogP) is 3.24. The van der Waals surface area contributed by atoms with Gasteiger partial charge in [0.05, 0.1) is 16.6 Å². The van der Waals surface area contributed by atoms with Crippen molar-refractivity contribution in [2.75, 3.05) is 5.32 Å². The maximum Gasteiger partial charge on any atom is 0.257 e. The van der Waals surface area contributed by atoms with Gasteiger partial charge in [0, 0.05) is 16.8 Å². The van der Waals surface area contributed by atoms with E-state index in [0.29, 0.717) is 16.5 Å². The minimum Gasteiger partial charge on any atom is -0.319 e. The molecule has 0 radical (unpaired) electrons. The summed E-state index contributed by atoms with van der Waals surface area (Å²) in [7, 11) is 0. The lowest BCUT2D eigenvalue weighted by atomic mass is 10.1. The number of halogens is 2. The third-order valence-electron chi connectivity index (χ3n) is 4.05. The number of aryl methyl sites for hydroxylation is 1.